The van der Waals surface area contributed by atoms with Crippen LogP contribution in [-0.2, 0) is 11.2 Å². The van der Waals surface area contributed by atoms with Crippen LogP contribution in [0.1, 0.15) is 57.4 Å². The molecule has 3 heteroatoms. The van der Waals surface area contributed by atoms with Gasteiger partial charge in [0.05, 0.1) is 0 Å². The molecule has 24 heavy (non-hydrogen) atoms. The average Bonchev–Trinajstić information content (AvgIpc) is 2.67. The number of aryl methyl sites for hydroxylation is 1. The molecule has 1 aliphatic carbocycles. The van der Waals surface area contributed by atoms with E-state index in [2.05, 4.69) is 41.0 Å². The normalized spacial score (nSPS) is 19.5. The van der Waals surface area contributed by atoms with E-state index in [9.17, 15) is 4.79 Å². The second kappa shape index (κ2) is 8.55. The van der Waals surface area contributed by atoms with Gasteiger partial charge in [-0.25, -0.2) is 0 Å². The van der Waals surface area contributed by atoms with E-state index >= 15 is 0 Å². The summed E-state index contributed by atoms with van der Waals surface area (Å²) in [4.78, 5) is 17.1. The van der Waals surface area contributed by atoms with Crippen molar-refractivity contribution in [3.63, 3.8) is 0 Å². The van der Waals surface area contributed by atoms with Crippen molar-refractivity contribution in [2.75, 3.05) is 31.1 Å². The fourth-order valence-corrected chi connectivity index (χ4v) is 4.28. The Labute approximate surface area is 147 Å². The number of amides is 1. The van der Waals surface area contributed by atoms with E-state index in [1.54, 1.807) is 0 Å². The number of para-hydroxylation sites is 1. The summed E-state index contributed by atoms with van der Waals surface area (Å²) >= 11 is 0. The summed E-state index contributed by atoms with van der Waals surface area (Å²) < 4.78 is 0. The van der Waals surface area contributed by atoms with Crippen molar-refractivity contribution < 1.29 is 4.79 Å². The van der Waals surface area contributed by atoms with Gasteiger partial charge in [-0.3, -0.25) is 4.79 Å². The van der Waals surface area contributed by atoms with Crippen LogP contribution in [0.2, 0.25) is 0 Å². The van der Waals surface area contributed by atoms with Gasteiger partial charge in [-0.2, -0.15) is 0 Å². The van der Waals surface area contributed by atoms with Crippen LogP contribution in [0.15, 0.2) is 24.3 Å². The molecule has 1 heterocycles. The second-order valence-electron chi connectivity index (χ2n) is 7.39. The van der Waals surface area contributed by atoms with Crippen molar-refractivity contribution in [1.82, 2.24) is 4.90 Å². The zero-order chi connectivity index (χ0) is 16.8. The van der Waals surface area contributed by atoms with Gasteiger partial charge in [-0.15, -0.1) is 0 Å². The molecular formula is C21H32N2O. The van der Waals surface area contributed by atoms with Crippen LogP contribution in [0.5, 0.6) is 0 Å². The molecule has 1 aromatic carbocycles. The molecule has 0 N–H and O–H groups in total. The Hall–Kier alpha value is -1.51. The average molecular weight is 329 g/mol. The predicted octanol–water partition coefficient (Wildman–Crippen LogP) is 4.26. The molecule has 0 atom stereocenters. The van der Waals surface area contributed by atoms with Crippen LogP contribution in [-0.4, -0.2) is 37.0 Å². The van der Waals surface area contributed by atoms with E-state index in [0.717, 1.165) is 51.4 Å². The summed E-state index contributed by atoms with van der Waals surface area (Å²) in [6.45, 7) is 5.89. The van der Waals surface area contributed by atoms with Gasteiger partial charge in [-0.1, -0.05) is 57.2 Å². The van der Waals surface area contributed by atoms with Crippen molar-refractivity contribution >= 4 is 11.6 Å². The van der Waals surface area contributed by atoms with Gasteiger partial charge in [0, 0.05) is 38.3 Å². The SMILES string of the molecule is CCc1ccccc1N1CCN(C(=O)CCC2CCCCC2)CC1. The minimum absolute atomic E-state index is 0.379. The first-order valence-electron chi connectivity index (χ1n) is 9.88. The molecule has 1 saturated carbocycles. The van der Waals surface area contributed by atoms with Crippen molar-refractivity contribution in [2.24, 2.45) is 5.92 Å². The highest BCUT2D eigenvalue weighted by atomic mass is 16.2. The number of carbonyl (C=O) groups is 1. The molecule has 2 fully saturated rings. The lowest BCUT2D eigenvalue weighted by Crippen LogP contribution is -2.49. The monoisotopic (exact) mass is 328 g/mol. The number of hydrogen-bond acceptors (Lipinski definition) is 2. The Kier molecular flexibility index (Phi) is 6.17. The van der Waals surface area contributed by atoms with E-state index < -0.39 is 0 Å². The van der Waals surface area contributed by atoms with Gasteiger partial charge in [0.1, 0.15) is 0 Å². The van der Waals surface area contributed by atoms with Crippen molar-refractivity contribution in [3.8, 4) is 0 Å². The van der Waals surface area contributed by atoms with Crippen LogP contribution in [0.3, 0.4) is 0 Å². The van der Waals surface area contributed by atoms with Crippen molar-refractivity contribution in [3.05, 3.63) is 29.8 Å². The van der Waals surface area contributed by atoms with Crippen molar-refractivity contribution in [2.45, 2.75) is 58.3 Å². The third-order valence-electron chi connectivity index (χ3n) is 5.84. The van der Waals surface area contributed by atoms with E-state index in [4.69, 9.17) is 0 Å². The number of rotatable bonds is 5. The first kappa shape index (κ1) is 17.3. The standard InChI is InChI=1S/C21H32N2O/c1-2-19-10-6-7-11-20(19)22-14-16-23(17-15-22)21(24)13-12-18-8-4-3-5-9-18/h6-7,10-11,18H,2-5,8-9,12-17H2,1H3. The van der Waals surface area contributed by atoms with Gasteiger partial charge in [-0.05, 0) is 30.4 Å². The fourth-order valence-electron chi connectivity index (χ4n) is 4.28. The van der Waals surface area contributed by atoms with Crippen LogP contribution in [0, 0.1) is 5.92 Å². The van der Waals surface area contributed by atoms with Gasteiger partial charge in [0.25, 0.3) is 0 Å². The lowest BCUT2D eigenvalue weighted by atomic mass is 9.86. The maximum atomic E-state index is 12.5. The Morgan fingerprint density at radius 2 is 1.75 bits per heavy atom. The quantitative estimate of drug-likeness (QED) is 0.806. The van der Waals surface area contributed by atoms with Gasteiger partial charge >= 0.3 is 0 Å². The second-order valence-corrected chi connectivity index (χ2v) is 7.39. The van der Waals surface area contributed by atoms with Crippen molar-refractivity contribution in [1.29, 1.82) is 0 Å². The Balaban J connectivity index is 1.46. The Morgan fingerprint density at radius 1 is 1.04 bits per heavy atom. The molecule has 1 aromatic rings. The molecular weight excluding hydrogens is 296 g/mol. The summed E-state index contributed by atoms with van der Waals surface area (Å²) in [5, 5.41) is 0. The number of carbonyl (C=O) groups excluding carboxylic acids is 1. The zero-order valence-corrected chi connectivity index (χ0v) is 15.2. The largest absolute Gasteiger partial charge is 0.368 e. The van der Waals surface area contributed by atoms with Gasteiger partial charge in [0.2, 0.25) is 5.91 Å². The number of piperazine rings is 1. The highest BCUT2D eigenvalue weighted by Gasteiger charge is 2.23. The first-order chi connectivity index (χ1) is 11.8. The lowest BCUT2D eigenvalue weighted by Gasteiger charge is -2.37. The highest BCUT2D eigenvalue weighted by Crippen LogP contribution is 2.28. The number of benzene rings is 1. The highest BCUT2D eigenvalue weighted by molar-refractivity contribution is 5.76. The summed E-state index contributed by atoms with van der Waals surface area (Å²) in [7, 11) is 0. The molecule has 0 spiro atoms. The maximum absolute atomic E-state index is 12.5. The topological polar surface area (TPSA) is 23.6 Å². The van der Waals surface area contributed by atoms with Gasteiger partial charge in [0.15, 0.2) is 0 Å². The molecule has 0 bridgehead atoms. The third kappa shape index (κ3) is 4.31. The molecule has 1 aliphatic heterocycles. The van der Waals surface area contributed by atoms with Crippen LogP contribution < -0.4 is 4.90 Å². The molecule has 3 rings (SSSR count). The number of nitrogens with zero attached hydrogens (tertiary/aromatic N) is 2. The molecule has 0 radical (unpaired) electrons. The van der Waals surface area contributed by atoms with E-state index in [1.807, 2.05) is 0 Å². The Bertz CT molecular complexity index is 528. The predicted molar refractivity (Wildman–Crippen MR) is 100 cm³/mol. The van der Waals surface area contributed by atoms with E-state index in [-0.39, 0.29) is 0 Å². The van der Waals surface area contributed by atoms with E-state index in [0.29, 0.717) is 5.91 Å². The van der Waals surface area contributed by atoms with Crippen LogP contribution >= 0.6 is 0 Å². The molecule has 0 unspecified atom stereocenters. The summed E-state index contributed by atoms with van der Waals surface area (Å²) in [5.74, 6) is 1.18. The minimum Gasteiger partial charge on any atom is -0.368 e. The zero-order valence-electron chi connectivity index (χ0n) is 15.2. The van der Waals surface area contributed by atoms with Gasteiger partial charge < -0.3 is 9.80 Å². The van der Waals surface area contributed by atoms with Crippen LogP contribution in [0.25, 0.3) is 0 Å². The Morgan fingerprint density at radius 3 is 2.46 bits per heavy atom. The number of anilines is 1. The first-order valence-corrected chi connectivity index (χ1v) is 9.88. The smallest absolute Gasteiger partial charge is 0.222 e. The lowest BCUT2D eigenvalue weighted by molar-refractivity contribution is -0.131. The number of hydrogen-bond donors (Lipinski definition) is 0. The van der Waals surface area contributed by atoms with Crippen LogP contribution in [0.4, 0.5) is 5.69 Å². The molecule has 132 valence electrons. The summed E-state index contributed by atoms with van der Waals surface area (Å²) in [6.07, 6.45) is 9.75. The molecule has 1 amide bonds. The molecule has 0 aromatic heterocycles. The fraction of sp³-hybridized carbons (Fsp3) is 0.667. The third-order valence-corrected chi connectivity index (χ3v) is 5.84. The summed E-state index contributed by atoms with van der Waals surface area (Å²) in [6, 6.07) is 8.68. The van der Waals surface area contributed by atoms with E-state index in [1.165, 1.54) is 43.4 Å². The maximum Gasteiger partial charge on any atom is 0.222 e. The molecule has 3 nitrogen and oxygen atoms in total. The minimum atomic E-state index is 0.379. The molecule has 2 aliphatic rings. The summed E-state index contributed by atoms with van der Waals surface area (Å²) in [5.41, 5.74) is 2.77. The molecule has 1 saturated heterocycles.